The Morgan fingerprint density at radius 3 is 2.88 bits per heavy atom. The lowest BCUT2D eigenvalue weighted by Crippen LogP contribution is -2.43. The van der Waals surface area contributed by atoms with Gasteiger partial charge in [-0.25, -0.2) is 13.1 Å². The SMILES string of the molecule is N#Cc1ccc(S(=O)(=O)NCCCN2CCCCC2CO)c(Cl)c1. The Balaban J connectivity index is 1.88. The van der Waals surface area contributed by atoms with Crippen LogP contribution in [0.2, 0.25) is 5.02 Å². The monoisotopic (exact) mass is 371 g/mol. The highest BCUT2D eigenvalue weighted by Crippen LogP contribution is 2.22. The first kappa shape index (κ1) is 19.2. The van der Waals surface area contributed by atoms with Crippen LogP contribution >= 0.6 is 11.6 Å². The lowest BCUT2D eigenvalue weighted by molar-refractivity contribution is 0.0896. The van der Waals surface area contributed by atoms with E-state index in [9.17, 15) is 13.5 Å². The molecule has 8 heteroatoms. The van der Waals surface area contributed by atoms with E-state index in [1.807, 2.05) is 6.07 Å². The van der Waals surface area contributed by atoms with Crippen LogP contribution in [0.5, 0.6) is 0 Å². The first-order valence-electron chi connectivity index (χ1n) is 8.02. The summed E-state index contributed by atoms with van der Waals surface area (Å²) in [7, 11) is -3.70. The van der Waals surface area contributed by atoms with Crippen LogP contribution in [0.3, 0.4) is 0 Å². The van der Waals surface area contributed by atoms with E-state index in [2.05, 4.69) is 9.62 Å². The van der Waals surface area contributed by atoms with Crippen molar-refractivity contribution in [1.82, 2.24) is 9.62 Å². The molecule has 1 aromatic carbocycles. The van der Waals surface area contributed by atoms with Crippen LogP contribution in [-0.2, 0) is 10.0 Å². The number of hydrogen-bond donors (Lipinski definition) is 2. The van der Waals surface area contributed by atoms with Gasteiger partial charge in [0.2, 0.25) is 10.0 Å². The van der Waals surface area contributed by atoms with Gasteiger partial charge in [0.15, 0.2) is 0 Å². The lowest BCUT2D eigenvalue weighted by Gasteiger charge is -2.34. The van der Waals surface area contributed by atoms with Crippen molar-refractivity contribution in [2.45, 2.75) is 36.6 Å². The van der Waals surface area contributed by atoms with Crippen LogP contribution in [-0.4, -0.2) is 50.7 Å². The van der Waals surface area contributed by atoms with E-state index in [4.69, 9.17) is 16.9 Å². The summed E-state index contributed by atoms with van der Waals surface area (Å²) >= 11 is 5.96. The molecule has 0 spiro atoms. The molecule has 1 aliphatic rings. The molecule has 6 nitrogen and oxygen atoms in total. The van der Waals surface area contributed by atoms with Gasteiger partial charge in [0.05, 0.1) is 23.3 Å². The molecular formula is C16H22ClN3O3S. The normalized spacial score (nSPS) is 19.1. The van der Waals surface area contributed by atoms with Crippen molar-refractivity contribution < 1.29 is 13.5 Å². The predicted octanol–water partition coefficient (Wildman–Crippen LogP) is 1.73. The van der Waals surface area contributed by atoms with Crippen LogP contribution in [0.1, 0.15) is 31.2 Å². The summed E-state index contributed by atoms with van der Waals surface area (Å²) in [6, 6.07) is 6.22. The molecule has 2 rings (SSSR count). The average Bonchev–Trinajstić information content (AvgIpc) is 2.58. The van der Waals surface area contributed by atoms with Crippen molar-refractivity contribution in [3.63, 3.8) is 0 Å². The highest BCUT2D eigenvalue weighted by Gasteiger charge is 2.22. The Morgan fingerprint density at radius 2 is 2.21 bits per heavy atom. The van der Waals surface area contributed by atoms with Crippen LogP contribution in [0.15, 0.2) is 23.1 Å². The Kier molecular flexibility index (Phi) is 7.02. The number of rotatable bonds is 7. The molecule has 0 amide bonds. The fraction of sp³-hybridized carbons (Fsp3) is 0.562. The fourth-order valence-electron chi connectivity index (χ4n) is 2.92. The Hall–Kier alpha value is -1.17. The Labute approximate surface area is 148 Å². The lowest BCUT2D eigenvalue weighted by atomic mass is 10.0. The summed E-state index contributed by atoms with van der Waals surface area (Å²) in [4.78, 5) is 2.20. The van der Waals surface area contributed by atoms with Crippen molar-refractivity contribution in [2.24, 2.45) is 0 Å². The van der Waals surface area contributed by atoms with Gasteiger partial charge in [0.1, 0.15) is 4.90 Å². The largest absolute Gasteiger partial charge is 0.395 e. The van der Waals surface area contributed by atoms with E-state index >= 15 is 0 Å². The zero-order valence-electron chi connectivity index (χ0n) is 13.4. The number of halogens is 1. The van der Waals surface area contributed by atoms with Crippen molar-refractivity contribution in [3.8, 4) is 6.07 Å². The summed E-state index contributed by atoms with van der Waals surface area (Å²) in [5.74, 6) is 0. The minimum Gasteiger partial charge on any atom is -0.395 e. The molecule has 1 heterocycles. The topological polar surface area (TPSA) is 93.4 Å². The van der Waals surface area contributed by atoms with E-state index in [1.165, 1.54) is 18.2 Å². The van der Waals surface area contributed by atoms with E-state index in [0.717, 1.165) is 32.4 Å². The third-order valence-corrected chi connectivity index (χ3v) is 6.17. The molecule has 0 bridgehead atoms. The maximum Gasteiger partial charge on any atom is 0.242 e. The number of nitrogens with zero attached hydrogens (tertiary/aromatic N) is 2. The van der Waals surface area contributed by atoms with E-state index in [1.54, 1.807) is 0 Å². The zero-order valence-corrected chi connectivity index (χ0v) is 15.0. The molecule has 1 unspecified atom stereocenters. The molecule has 1 atom stereocenters. The zero-order chi connectivity index (χ0) is 17.6. The number of nitrogens with one attached hydrogen (secondary N) is 1. The molecular weight excluding hydrogens is 350 g/mol. The molecule has 0 saturated carbocycles. The fourth-order valence-corrected chi connectivity index (χ4v) is 4.53. The molecule has 132 valence electrons. The summed E-state index contributed by atoms with van der Waals surface area (Å²) in [6.07, 6.45) is 3.89. The molecule has 0 radical (unpaired) electrons. The van der Waals surface area contributed by atoms with Gasteiger partial charge in [-0.15, -0.1) is 0 Å². The second-order valence-electron chi connectivity index (χ2n) is 5.88. The van der Waals surface area contributed by atoms with E-state index in [-0.39, 0.29) is 22.6 Å². The van der Waals surface area contributed by atoms with E-state index < -0.39 is 10.0 Å². The smallest absolute Gasteiger partial charge is 0.242 e. The number of sulfonamides is 1. The first-order chi connectivity index (χ1) is 11.5. The van der Waals surface area contributed by atoms with Crippen molar-refractivity contribution >= 4 is 21.6 Å². The minimum atomic E-state index is -3.70. The molecule has 2 N–H and O–H groups in total. The van der Waals surface area contributed by atoms with Crippen LogP contribution in [0.25, 0.3) is 0 Å². The van der Waals surface area contributed by atoms with Gasteiger partial charge in [-0.05, 0) is 50.6 Å². The standard InChI is InChI=1S/C16H22ClN3O3S/c17-15-10-13(11-18)5-6-16(15)24(22,23)19-7-3-9-20-8-2-1-4-14(20)12-21/h5-6,10,14,19,21H,1-4,7-9,12H2. The molecule has 24 heavy (non-hydrogen) atoms. The number of hydrogen-bond acceptors (Lipinski definition) is 5. The Bertz CT molecular complexity index is 703. The summed E-state index contributed by atoms with van der Waals surface area (Å²) in [6.45, 7) is 2.13. The van der Waals surface area contributed by atoms with Crippen molar-refractivity contribution in [1.29, 1.82) is 5.26 Å². The number of benzene rings is 1. The maximum atomic E-state index is 12.3. The predicted molar refractivity (Wildman–Crippen MR) is 92.3 cm³/mol. The quantitative estimate of drug-likeness (QED) is 0.712. The van der Waals surface area contributed by atoms with Gasteiger partial charge < -0.3 is 5.11 Å². The third-order valence-electron chi connectivity index (χ3n) is 4.22. The minimum absolute atomic E-state index is 0.0191. The molecule has 1 aliphatic heterocycles. The number of piperidine rings is 1. The highest BCUT2D eigenvalue weighted by atomic mass is 35.5. The molecule has 1 aromatic rings. The molecule has 1 saturated heterocycles. The van der Waals surface area contributed by atoms with Crippen LogP contribution in [0.4, 0.5) is 0 Å². The van der Waals surface area contributed by atoms with Gasteiger partial charge in [0, 0.05) is 12.6 Å². The molecule has 0 aromatic heterocycles. The number of aliphatic hydroxyl groups excluding tert-OH is 1. The maximum absolute atomic E-state index is 12.3. The van der Waals surface area contributed by atoms with Crippen molar-refractivity contribution in [3.05, 3.63) is 28.8 Å². The summed E-state index contributed by atoms with van der Waals surface area (Å²) < 4.78 is 27.1. The first-order valence-corrected chi connectivity index (χ1v) is 9.88. The van der Waals surface area contributed by atoms with Crippen LogP contribution < -0.4 is 4.72 Å². The second kappa shape index (κ2) is 8.79. The number of likely N-dealkylation sites (tertiary alicyclic amines) is 1. The van der Waals surface area contributed by atoms with E-state index in [0.29, 0.717) is 18.5 Å². The van der Waals surface area contributed by atoms with Gasteiger partial charge in [-0.2, -0.15) is 5.26 Å². The summed E-state index contributed by atoms with van der Waals surface area (Å²) in [5.41, 5.74) is 0.319. The third kappa shape index (κ3) is 4.91. The Morgan fingerprint density at radius 1 is 1.42 bits per heavy atom. The van der Waals surface area contributed by atoms with Gasteiger partial charge in [-0.3, -0.25) is 4.90 Å². The van der Waals surface area contributed by atoms with Gasteiger partial charge in [-0.1, -0.05) is 18.0 Å². The van der Waals surface area contributed by atoms with Crippen molar-refractivity contribution in [2.75, 3.05) is 26.2 Å². The second-order valence-corrected chi connectivity index (χ2v) is 8.02. The average molecular weight is 372 g/mol. The molecule has 0 aliphatic carbocycles. The highest BCUT2D eigenvalue weighted by molar-refractivity contribution is 7.89. The molecule has 1 fully saturated rings. The van der Waals surface area contributed by atoms with Crippen LogP contribution in [0, 0.1) is 11.3 Å². The number of nitriles is 1. The van der Waals surface area contributed by atoms with Gasteiger partial charge in [0.25, 0.3) is 0 Å². The van der Waals surface area contributed by atoms with Gasteiger partial charge >= 0.3 is 0 Å². The number of aliphatic hydroxyl groups is 1. The summed E-state index contributed by atoms with van der Waals surface area (Å²) in [5, 5.41) is 18.2.